The third kappa shape index (κ3) is 4.16. The van der Waals surface area contributed by atoms with Gasteiger partial charge in [-0.1, -0.05) is 24.8 Å². The highest BCUT2D eigenvalue weighted by molar-refractivity contribution is 7.99. The Morgan fingerprint density at radius 2 is 2.16 bits per heavy atom. The minimum absolute atomic E-state index is 0.165. The number of nitrogens with zero attached hydrogens (tertiary/aromatic N) is 3. The first-order valence-corrected chi connectivity index (χ1v) is 13.0. The Labute approximate surface area is 192 Å². The highest BCUT2D eigenvalue weighted by Gasteiger charge is 2.31. The maximum absolute atomic E-state index is 12.7. The lowest BCUT2D eigenvalue weighted by molar-refractivity contribution is -0.113. The molecule has 31 heavy (non-hydrogen) atoms. The average molecular weight is 474 g/mol. The van der Waals surface area contributed by atoms with Crippen LogP contribution in [0.1, 0.15) is 53.0 Å². The fourth-order valence-corrected chi connectivity index (χ4v) is 6.95. The number of carbonyl (C=O) groups excluding carboxylic acids is 2. The maximum atomic E-state index is 12.7. The molecule has 2 aliphatic rings. The van der Waals surface area contributed by atoms with Crippen LogP contribution >= 0.6 is 34.4 Å². The van der Waals surface area contributed by atoms with Gasteiger partial charge in [0.05, 0.1) is 16.2 Å². The van der Waals surface area contributed by atoms with Crippen molar-refractivity contribution in [2.24, 2.45) is 11.7 Å². The van der Waals surface area contributed by atoms with E-state index in [9.17, 15) is 9.59 Å². The van der Waals surface area contributed by atoms with Crippen molar-refractivity contribution in [2.45, 2.75) is 50.2 Å². The Bertz CT molecular complexity index is 1130. The van der Waals surface area contributed by atoms with Crippen LogP contribution in [0.15, 0.2) is 22.7 Å². The van der Waals surface area contributed by atoms with E-state index in [4.69, 9.17) is 5.73 Å². The molecule has 0 aromatic carbocycles. The van der Waals surface area contributed by atoms with Crippen molar-refractivity contribution >= 4 is 51.3 Å². The lowest BCUT2D eigenvalue weighted by Gasteiger charge is -2.18. The smallest absolute Gasteiger partial charge is 0.251 e. The minimum Gasteiger partial charge on any atom is -0.365 e. The van der Waals surface area contributed by atoms with Gasteiger partial charge in [0.15, 0.2) is 11.0 Å². The lowest BCUT2D eigenvalue weighted by Crippen LogP contribution is -2.20. The zero-order valence-corrected chi connectivity index (χ0v) is 19.5. The van der Waals surface area contributed by atoms with E-state index < -0.39 is 5.91 Å². The van der Waals surface area contributed by atoms with Crippen LogP contribution in [-0.2, 0) is 17.6 Å². The van der Waals surface area contributed by atoms with Crippen LogP contribution in [0, 0.1) is 5.92 Å². The molecule has 0 bridgehead atoms. The number of rotatable bonds is 7. The summed E-state index contributed by atoms with van der Waals surface area (Å²) in [4.78, 5) is 27.1. The predicted octanol–water partition coefficient (Wildman–Crippen LogP) is 4.36. The van der Waals surface area contributed by atoms with Crippen molar-refractivity contribution in [3.05, 3.63) is 33.5 Å². The molecule has 3 aromatic rings. The van der Waals surface area contributed by atoms with Gasteiger partial charge in [-0.3, -0.25) is 14.2 Å². The van der Waals surface area contributed by atoms with Gasteiger partial charge in [-0.2, -0.15) is 0 Å². The first kappa shape index (κ1) is 20.7. The number of hydrogen-bond donors (Lipinski definition) is 2. The lowest BCUT2D eigenvalue weighted by atomic mass is 9.88. The van der Waals surface area contributed by atoms with Crippen LogP contribution in [0.2, 0.25) is 0 Å². The van der Waals surface area contributed by atoms with Crippen LogP contribution in [0.25, 0.3) is 10.7 Å². The normalized spacial score (nSPS) is 18.0. The summed E-state index contributed by atoms with van der Waals surface area (Å²) in [5.74, 6) is 1.02. The van der Waals surface area contributed by atoms with Gasteiger partial charge in [0, 0.05) is 10.9 Å². The largest absolute Gasteiger partial charge is 0.365 e. The van der Waals surface area contributed by atoms with Crippen LogP contribution in [0.5, 0.6) is 0 Å². The zero-order chi connectivity index (χ0) is 21.5. The number of nitrogens with two attached hydrogens (primary N) is 1. The Balaban J connectivity index is 1.31. The summed E-state index contributed by atoms with van der Waals surface area (Å²) in [5, 5.41) is 15.0. The number of thioether (sulfide) groups is 1. The molecule has 1 fully saturated rings. The molecule has 0 aliphatic heterocycles. The monoisotopic (exact) mass is 473 g/mol. The Kier molecular flexibility index (Phi) is 5.61. The summed E-state index contributed by atoms with van der Waals surface area (Å²) in [6.07, 6.45) is 5.03. The van der Waals surface area contributed by atoms with E-state index in [-0.39, 0.29) is 11.7 Å². The molecule has 10 heteroatoms. The van der Waals surface area contributed by atoms with Gasteiger partial charge in [0.25, 0.3) is 5.91 Å². The molecular weight excluding hydrogens is 450 g/mol. The molecule has 1 atom stereocenters. The van der Waals surface area contributed by atoms with Gasteiger partial charge in [-0.25, -0.2) is 0 Å². The quantitative estimate of drug-likeness (QED) is 0.497. The number of anilines is 1. The Hall–Kier alpha value is -2.17. The SMILES string of the molecule is C[C@@H]1CCc2c(sc(NC(=O)CSc3nnc(-c4cccs4)n3C3CC3)c2C(N)=O)C1. The molecule has 1 saturated carbocycles. The number of primary amides is 1. The first-order chi connectivity index (χ1) is 15.0. The molecule has 2 amide bonds. The number of carbonyl (C=O) groups is 2. The number of amides is 2. The van der Waals surface area contributed by atoms with Crippen molar-refractivity contribution in [1.29, 1.82) is 0 Å². The third-order valence-electron chi connectivity index (χ3n) is 5.66. The van der Waals surface area contributed by atoms with Gasteiger partial charge in [0.1, 0.15) is 5.00 Å². The van der Waals surface area contributed by atoms with E-state index in [0.717, 1.165) is 53.5 Å². The van der Waals surface area contributed by atoms with E-state index >= 15 is 0 Å². The van der Waals surface area contributed by atoms with E-state index in [1.165, 1.54) is 28.0 Å². The average Bonchev–Trinajstić information content (AvgIpc) is 3.14. The second-order valence-corrected chi connectivity index (χ2v) is 11.1. The van der Waals surface area contributed by atoms with E-state index in [2.05, 4.69) is 27.0 Å². The molecule has 3 N–H and O–H groups in total. The van der Waals surface area contributed by atoms with E-state index in [0.29, 0.717) is 22.5 Å². The van der Waals surface area contributed by atoms with Crippen LogP contribution in [0.3, 0.4) is 0 Å². The molecular formula is C21H23N5O2S3. The molecule has 0 spiro atoms. The van der Waals surface area contributed by atoms with Gasteiger partial charge in [0.2, 0.25) is 5.91 Å². The fourth-order valence-electron chi connectivity index (χ4n) is 4.00. The first-order valence-electron chi connectivity index (χ1n) is 10.4. The molecule has 2 aliphatic carbocycles. The van der Waals surface area contributed by atoms with E-state index in [1.807, 2.05) is 17.5 Å². The van der Waals surface area contributed by atoms with E-state index in [1.54, 1.807) is 11.3 Å². The Morgan fingerprint density at radius 1 is 1.32 bits per heavy atom. The van der Waals surface area contributed by atoms with Crippen molar-refractivity contribution in [3.63, 3.8) is 0 Å². The van der Waals surface area contributed by atoms with Gasteiger partial charge >= 0.3 is 0 Å². The molecule has 5 rings (SSSR count). The van der Waals surface area contributed by atoms with Crippen molar-refractivity contribution in [2.75, 3.05) is 11.1 Å². The number of nitrogens with one attached hydrogen (secondary N) is 1. The van der Waals surface area contributed by atoms with Crippen molar-refractivity contribution < 1.29 is 9.59 Å². The number of fused-ring (bicyclic) bond motifs is 1. The number of hydrogen-bond acceptors (Lipinski definition) is 7. The molecule has 0 unspecified atom stereocenters. The summed E-state index contributed by atoms with van der Waals surface area (Å²) in [6, 6.07) is 4.45. The highest BCUT2D eigenvalue weighted by Crippen LogP contribution is 2.42. The summed E-state index contributed by atoms with van der Waals surface area (Å²) in [6.45, 7) is 2.21. The summed E-state index contributed by atoms with van der Waals surface area (Å²) >= 11 is 4.51. The van der Waals surface area contributed by atoms with Crippen molar-refractivity contribution in [1.82, 2.24) is 14.8 Å². The topological polar surface area (TPSA) is 103 Å². The summed E-state index contributed by atoms with van der Waals surface area (Å²) in [7, 11) is 0. The van der Waals surface area contributed by atoms with Crippen LogP contribution in [-0.4, -0.2) is 32.3 Å². The zero-order valence-electron chi connectivity index (χ0n) is 17.1. The maximum Gasteiger partial charge on any atom is 0.251 e. The fraction of sp³-hybridized carbons (Fsp3) is 0.429. The summed E-state index contributed by atoms with van der Waals surface area (Å²) < 4.78 is 2.16. The molecule has 3 aromatic heterocycles. The van der Waals surface area contributed by atoms with Crippen LogP contribution in [0.4, 0.5) is 5.00 Å². The predicted molar refractivity (Wildman–Crippen MR) is 125 cm³/mol. The van der Waals surface area contributed by atoms with Crippen LogP contribution < -0.4 is 11.1 Å². The molecule has 0 saturated heterocycles. The minimum atomic E-state index is -0.468. The van der Waals surface area contributed by atoms with Gasteiger partial charge in [-0.05, 0) is 55.0 Å². The molecule has 7 nitrogen and oxygen atoms in total. The molecule has 0 radical (unpaired) electrons. The van der Waals surface area contributed by atoms with Crippen molar-refractivity contribution in [3.8, 4) is 10.7 Å². The molecule has 162 valence electrons. The standard InChI is InChI=1S/C21H23N5O2S3/c1-11-4-7-13-15(9-11)31-20(17(13)18(22)28)23-16(27)10-30-21-25-24-19(14-3-2-8-29-14)26(21)12-5-6-12/h2-3,8,11-12H,4-7,9-10H2,1H3,(H2,22,28)(H,23,27)/t11-/m1/s1. The number of aromatic nitrogens is 3. The third-order valence-corrected chi connectivity index (χ3v) is 8.64. The molecule has 3 heterocycles. The highest BCUT2D eigenvalue weighted by atomic mass is 32.2. The Morgan fingerprint density at radius 3 is 2.87 bits per heavy atom. The summed E-state index contributed by atoms with van der Waals surface area (Å²) in [5.41, 5.74) is 7.17. The van der Waals surface area contributed by atoms with Gasteiger partial charge in [-0.15, -0.1) is 32.9 Å². The number of thiophene rings is 2. The second kappa shape index (κ2) is 8.40. The second-order valence-electron chi connectivity index (χ2n) is 8.14. The van der Waals surface area contributed by atoms with Gasteiger partial charge < -0.3 is 11.1 Å².